The number of nitrogens with two attached hydrogens (primary N) is 1. The summed E-state index contributed by atoms with van der Waals surface area (Å²) in [6.45, 7) is 5.09. The van der Waals surface area contributed by atoms with E-state index >= 15 is 0 Å². The fourth-order valence-corrected chi connectivity index (χ4v) is 2.85. The van der Waals surface area contributed by atoms with Crippen molar-refractivity contribution in [2.24, 2.45) is 17.6 Å². The molecule has 1 aromatic rings. The Bertz CT molecular complexity index is 568. The number of anilines is 1. The molecule has 2 rings (SSSR count). The Labute approximate surface area is 142 Å². The van der Waals surface area contributed by atoms with Crippen molar-refractivity contribution in [1.29, 1.82) is 0 Å². The minimum Gasteiger partial charge on any atom is -0.341 e. The van der Waals surface area contributed by atoms with Crippen LogP contribution in [0.4, 0.5) is 10.1 Å². The second-order valence-corrected chi connectivity index (χ2v) is 6.51. The molecule has 2 atom stereocenters. The van der Waals surface area contributed by atoms with Crippen LogP contribution in [0.3, 0.4) is 0 Å². The number of halogens is 1. The quantitative estimate of drug-likeness (QED) is 0.867. The number of nitrogens with one attached hydrogen (secondary N) is 1. The van der Waals surface area contributed by atoms with Crippen LogP contribution in [0.2, 0.25) is 0 Å². The number of rotatable bonds is 5. The monoisotopic (exact) mass is 335 g/mol. The Morgan fingerprint density at radius 2 is 1.88 bits per heavy atom. The highest BCUT2D eigenvalue weighted by atomic mass is 19.1. The highest BCUT2D eigenvalue weighted by Gasteiger charge is 2.31. The summed E-state index contributed by atoms with van der Waals surface area (Å²) in [5, 5.41) is 2.80. The summed E-state index contributed by atoms with van der Waals surface area (Å²) in [4.78, 5) is 26.4. The number of carbonyl (C=O) groups excluding carboxylic acids is 2. The topological polar surface area (TPSA) is 75.4 Å². The molecule has 0 radical (unpaired) electrons. The normalized spacial score (nSPS) is 18.1. The Morgan fingerprint density at radius 3 is 2.42 bits per heavy atom. The fourth-order valence-electron chi connectivity index (χ4n) is 2.85. The Hall–Kier alpha value is -1.95. The molecule has 0 aliphatic carbocycles. The zero-order chi connectivity index (χ0) is 17.7. The third-order valence-corrected chi connectivity index (χ3v) is 4.83. The van der Waals surface area contributed by atoms with E-state index in [1.54, 1.807) is 4.90 Å². The van der Waals surface area contributed by atoms with E-state index in [1.807, 2.05) is 13.8 Å². The predicted molar refractivity (Wildman–Crippen MR) is 91.8 cm³/mol. The maximum atomic E-state index is 12.9. The number of nitrogens with zero attached hydrogens (tertiary/aromatic N) is 1. The van der Waals surface area contributed by atoms with E-state index in [9.17, 15) is 14.0 Å². The molecule has 0 aromatic heterocycles. The lowest BCUT2D eigenvalue weighted by Crippen LogP contribution is -2.50. The zero-order valence-corrected chi connectivity index (χ0v) is 14.3. The number of benzene rings is 1. The molecule has 2 amide bonds. The first kappa shape index (κ1) is 18.4. The summed E-state index contributed by atoms with van der Waals surface area (Å²) < 4.78 is 12.9. The van der Waals surface area contributed by atoms with Crippen molar-refractivity contribution in [1.82, 2.24) is 4.90 Å². The average Bonchev–Trinajstić information content (AvgIpc) is 2.61. The number of hydrogen-bond acceptors (Lipinski definition) is 3. The first-order valence-corrected chi connectivity index (χ1v) is 8.53. The van der Waals surface area contributed by atoms with Crippen molar-refractivity contribution >= 4 is 17.5 Å². The standard InChI is InChI=1S/C18H26FN3O2/c1-3-12(2)16(20)18(24)22-10-8-13(9-11-22)17(23)21-15-6-4-14(19)5-7-15/h4-7,12-13,16H,3,8-11,20H2,1-2H3,(H,21,23). The van der Waals surface area contributed by atoms with Crippen molar-refractivity contribution in [3.8, 4) is 0 Å². The summed E-state index contributed by atoms with van der Waals surface area (Å²) in [7, 11) is 0. The number of hydrogen-bond donors (Lipinski definition) is 2. The number of carbonyl (C=O) groups is 2. The Balaban J connectivity index is 1.84. The summed E-state index contributed by atoms with van der Waals surface area (Å²) in [6, 6.07) is 5.23. The van der Waals surface area contributed by atoms with Crippen LogP contribution in [-0.2, 0) is 9.59 Å². The molecule has 0 spiro atoms. The Kier molecular flexibility index (Phi) is 6.31. The van der Waals surface area contributed by atoms with E-state index in [0.29, 0.717) is 31.6 Å². The van der Waals surface area contributed by atoms with Gasteiger partial charge in [-0.15, -0.1) is 0 Å². The first-order chi connectivity index (χ1) is 11.4. The molecule has 1 aromatic carbocycles. The molecule has 3 N–H and O–H groups in total. The van der Waals surface area contributed by atoms with Gasteiger partial charge >= 0.3 is 0 Å². The SMILES string of the molecule is CCC(C)C(N)C(=O)N1CCC(C(=O)Nc2ccc(F)cc2)CC1. The second kappa shape index (κ2) is 8.24. The largest absolute Gasteiger partial charge is 0.341 e. The van der Waals surface area contributed by atoms with Crippen molar-refractivity contribution in [3.63, 3.8) is 0 Å². The van der Waals surface area contributed by atoms with Gasteiger partial charge < -0.3 is 16.0 Å². The molecule has 5 nitrogen and oxygen atoms in total. The summed E-state index contributed by atoms with van der Waals surface area (Å²) in [6.07, 6.45) is 2.10. The van der Waals surface area contributed by atoms with Crippen LogP contribution in [0, 0.1) is 17.7 Å². The minimum atomic E-state index is -0.473. The molecule has 6 heteroatoms. The van der Waals surface area contributed by atoms with E-state index in [-0.39, 0.29) is 29.5 Å². The van der Waals surface area contributed by atoms with Crippen molar-refractivity contribution in [2.75, 3.05) is 18.4 Å². The van der Waals surface area contributed by atoms with Gasteiger partial charge in [0.15, 0.2) is 0 Å². The molecular weight excluding hydrogens is 309 g/mol. The van der Waals surface area contributed by atoms with Crippen LogP contribution in [0.1, 0.15) is 33.1 Å². The third-order valence-electron chi connectivity index (χ3n) is 4.83. The van der Waals surface area contributed by atoms with Crippen LogP contribution < -0.4 is 11.1 Å². The molecule has 1 aliphatic rings. The lowest BCUT2D eigenvalue weighted by Gasteiger charge is -2.34. The van der Waals surface area contributed by atoms with Gasteiger partial charge in [-0.1, -0.05) is 20.3 Å². The highest BCUT2D eigenvalue weighted by Crippen LogP contribution is 2.21. The molecule has 0 saturated carbocycles. The van der Waals surface area contributed by atoms with Gasteiger partial charge in [-0.2, -0.15) is 0 Å². The molecule has 132 valence electrons. The molecule has 1 saturated heterocycles. The molecule has 2 unspecified atom stereocenters. The molecular formula is C18H26FN3O2. The van der Waals surface area contributed by atoms with Crippen molar-refractivity contribution in [2.45, 2.75) is 39.2 Å². The molecule has 1 fully saturated rings. The number of likely N-dealkylation sites (tertiary alicyclic amines) is 1. The van der Waals surface area contributed by atoms with Crippen LogP contribution in [0.5, 0.6) is 0 Å². The smallest absolute Gasteiger partial charge is 0.239 e. The summed E-state index contributed by atoms with van der Waals surface area (Å²) in [5.41, 5.74) is 6.59. The molecule has 0 bridgehead atoms. The van der Waals surface area contributed by atoms with Crippen LogP contribution >= 0.6 is 0 Å². The van der Waals surface area contributed by atoms with Gasteiger partial charge in [-0.05, 0) is 43.0 Å². The van der Waals surface area contributed by atoms with Gasteiger partial charge in [0.25, 0.3) is 0 Å². The van der Waals surface area contributed by atoms with Gasteiger partial charge in [0.1, 0.15) is 5.82 Å². The van der Waals surface area contributed by atoms with Gasteiger partial charge in [-0.3, -0.25) is 9.59 Å². The average molecular weight is 335 g/mol. The van der Waals surface area contributed by atoms with Gasteiger partial charge in [0.05, 0.1) is 6.04 Å². The minimum absolute atomic E-state index is 0.0262. The zero-order valence-electron chi connectivity index (χ0n) is 14.3. The van der Waals surface area contributed by atoms with Crippen LogP contribution in [0.25, 0.3) is 0 Å². The first-order valence-electron chi connectivity index (χ1n) is 8.53. The molecule has 1 heterocycles. The summed E-state index contributed by atoms with van der Waals surface area (Å²) >= 11 is 0. The van der Waals surface area contributed by atoms with Gasteiger partial charge in [-0.25, -0.2) is 4.39 Å². The molecule has 24 heavy (non-hydrogen) atoms. The van der Waals surface area contributed by atoms with E-state index in [2.05, 4.69) is 5.32 Å². The van der Waals surface area contributed by atoms with Crippen LogP contribution in [0.15, 0.2) is 24.3 Å². The van der Waals surface area contributed by atoms with E-state index < -0.39 is 6.04 Å². The van der Waals surface area contributed by atoms with Crippen molar-refractivity contribution in [3.05, 3.63) is 30.1 Å². The van der Waals surface area contributed by atoms with E-state index in [1.165, 1.54) is 24.3 Å². The Morgan fingerprint density at radius 1 is 1.29 bits per heavy atom. The van der Waals surface area contributed by atoms with Crippen LogP contribution in [-0.4, -0.2) is 35.8 Å². The second-order valence-electron chi connectivity index (χ2n) is 6.51. The highest BCUT2D eigenvalue weighted by molar-refractivity contribution is 5.92. The predicted octanol–water partition coefficient (Wildman–Crippen LogP) is 2.38. The molecule has 1 aliphatic heterocycles. The van der Waals surface area contributed by atoms with E-state index in [0.717, 1.165) is 6.42 Å². The fraction of sp³-hybridized carbons (Fsp3) is 0.556. The van der Waals surface area contributed by atoms with Gasteiger partial charge in [0.2, 0.25) is 11.8 Å². The third kappa shape index (κ3) is 4.54. The van der Waals surface area contributed by atoms with Crippen molar-refractivity contribution < 1.29 is 14.0 Å². The maximum absolute atomic E-state index is 12.9. The number of piperidine rings is 1. The number of amides is 2. The lowest BCUT2D eigenvalue weighted by atomic mass is 9.93. The van der Waals surface area contributed by atoms with E-state index in [4.69, 9.17) is 5.73 Å². The maximum Gasteiger partial charge on any atom is 0.239 e. The lowest BCUT2D eigenvalue weighted by molar-refractivity contribution is -0.136. The van der Waals surface area contributed by atoms with Gasteiger partial charge in [0, 0.05) is 24.7 Å². The summed E-state index contributed by atoms with van der Waals surface area (Å²) in [5.74, 6) is -0.435.